The Morgan fingerprint density at radius 2 is 1.68 bits per heavy atom. The molecule has 0 radical (unpaired) electrons. The normalized spacial score (nSPS) is 11.5. The summed E-state index contributed by atoms with van der Waals surface area (Å²) in [5, 5.41) is 2.70. The molecular weight excluding hydrogens is 298 g/mol. The van der Waals surface area contributed by atoms with Crippen LogP contribution < -0.4 is 5.32 Å². The molecule has 2 aromatic rings. The lowest BCUT2D eigenvalue weighted by Gasteiger charge is -2.13. The van der Waals surface area contributed by atoms with Crippen LogP contribution in [0.2, 0.25) is 0 Å². The average Bonchev–Trinajstić information content (AvgIpc) is 2.55. The summed E-state index contributed by atoms with van der Waals surface area (Å²) in [4.78, 5) is 25.1. The van der Waals surface area contributed by atoms with Crippen LogP contribution in [0.3, 0.4) is 0 Å². The fraction of sp³-hybridized carbons (Fsp3) is 0.176. The highest BCUT2D eigenvalue weighted by Crippen LogP contribution is 2.16. The molecule has 0 fully saturated rings. The van der Waals surface area contributed by atoms with Crippen LogP contribution in [0.25, 0.3) is 0 Å². The Morgan fingerprint density at radius 1 is 1.05 bits per heavy atom. The van der Waals surface area contributed by atoms with E-state index in [1.807, 2.05) is 36.6 Å². The Balaban J connectivity index is 1.93. The molecule has 0 bridgehead atoms. The molecule has 22 heavy (non-hydrogen) atoms. The van der Waals surface area contributed by atoms with Crippen molar-refractivity contribution in [3.05, 3.63) is 60.2 Å². The van der Waals surface area contributed by atoms with Gasteiger partial charge in [-0.25, -0.2) is 4.79 Å². The molecule has 0 spiro atoms. The zero-order chi connectivity index (χ0) is 15.9. The summed E-state index contributed by atoms with van der Waals surface area (Å²) in [6.07, 6.45) is 1.09. The Bertz CT molecular complexity index is 641. The predicted molar refractivity (Wildman–Crippen MR) is 88.2 cm³/mol. The van der Waals surface area contributed by atoms with E-state index >= 15 is 0 Å². The van der Waals surface area contributed by atoms with E-state index in [4.69, 9.17) is 4.74 Å². The van der Waals surface area contributed by atoms with Crippen molar-refractivity contribution in [2.45, 2.75) is 17.9 Å². The van der Waals surface area contributed by atoms with Crippen molar-refractivity contribution in [2.24, 2.45) is 0 Å². The van der Waals surface area contributed by atoms with Gasteiger partial charge in [0.2, 0.25) is 0 Å². The minimum Gasteiger partial charge on any atom is -0.449 e. The van der Waals surface area contributed by atoms with E-state index in [9.17, 15) is 9.59 Å². The molecule has 2 aromatic carbocycles. The van der Waals surface area contributed by atoms with Gasteiger partial charge in [-0.2, -0.15) is 0 Å². The number of carbonyl (C=O) groups excluding carboxylic acids is 2. The molecule has 0 aliphatic rings. The highest BCUT2D eigenvalue weighted by molar-refractivity contribution is 7.98. The van der Waals surface area contributed by atoms with Crippen LogP contribution in [-0.4, -0.2) is 24.2 Å². The molecule has 1 amide bonds. The molecule has 0 saturated carbocycles. The second-order valence-corrected chi connectivity index (χ2v) is 5.51. The van der Waals surface area contributed by atoms with E-state index in [2.05, 4.69) is 5.32 Å². The maximum Gasteiger partial charge on any atom is 0.338 e. The number of benzene rings is 2. The summed E-state index contributed by atoms with van der Waals surface area (Å²) in [5.74, 6) is -0.872. The van der Waals surface area contributed by atoms with E-state index < -0.39 is 12.1 Å². The second kappa shape index (κ2) is 7.66. The van der Waals surface area contributed by atoms with Gasteiger partial charge in [-0.1, -0.05) is 18.2 Å². The van der Waals surface area contributed by atoms with Crippen LogP contribution in [0.1, 0.15) is 17.3 Å². The van der Waals surface area contributed by atoms with Gasteiger partial charge in [-0.3, -0.25) is 4.79 Å². The molecule has 0 aliphatic heterocycles. The lowest BCUT2D eigenvalue weighted by atomic mass is 10.2. The van der Waals surface area contributed by atoms with Crippen molar-refractivity contribution >= 4 is 29.3 Å². The van der Waals surface area contributed by atoms with Gasteiger partial charge in [-0.15, -0.1) is 11.8 Å². The van der Waals surface area contributed by atoms with Crippen LogP contribution in [-0.2, 0) is 9.53 Å². The smallest absolute Gasteiger partial charge is 0.338 e. The lowest BCUT2D eigenvalue weighted by Crippen LogP contribution is -2.29. The first-order valence-corrected chi connectivity index (χ1v) is 8.03. The van der Waals surface area contributed by atoms with Gasteiger partial charge in [-0.05, 0) is 49.6 Å². The zero-order valence-electron chi connectivity index (χ0n) is 12.4. The summed E-state index contributed by atoms with van der Waals surface area (Å²) < 4.78 is 5.19. The molecule has 0 heterocycles. The van der Waals surface area contributed by atoms with E-state index in [-0.39, 0.29) is 5.91 Å². The standard InChI is InChI=1S/C17H17NO3S/c1-12(16(19)18-14-6-4-3-5-7-14)21-17(20)13-8-10-15(22-2)11-9-13/h3-12H,1-2H3,(H,18,19)/t12-/m0/s1. The minimum absolute atomic E-state index is 0.361. The number of para-hydroxylation sites is 1. The number of rotatable bonds is 5. The fourth-order valence-electron chi connectivity index (χ4n) is 1.77. The highest BCUT2D eigenvalue weighted by atomic mass is 32.2. The molecule has 0 aromatic heterocycles. The number of hydrogen-bond acceptors (Lipinski definition) is 4. The zero-order valence-corrected chi connectivity index (χ0v) is 13.2. The van der Waals surface area contributed by atoms with E-state index in [0.717, 1.165) is 4.90 Å². The van der Waals surface area contributed by atoms with Gasteiger partial charge in [0.05, 0.1) is 5.56 Å². The van der Waals surface area contributed by atoms with Crippen LogP contribution in [0.5, 0.6) is 0 Å². The van der Waals surface area contributed by atoms with E-state index in [1.165, 1.54) is 0 Å². The Morgan fingerprint density at radius 3 is 2.27 bits per heavy atom. The topological polar surface area (TPSA) is 55.4 Å². The monoisotopic (exact) mass is 315 g/mol. The highest BCUT2D eigenvalue weighted by Gasteiger charge is 2.18. The molecule has 0 unspecified atom stereocenters. The third kappa shape index (κ3) is 4.36. The third-order valence-corrected chi connectivity index (χ3v) is 3.76. The maximum atomic E-state index is 12.0. The first kappa shape index (κ1) is 16.1. The Kier molecular flexibility index (Phi) is 5.61. The quantitative estimate of drug-likeness (QED) is 0.676. The van der Waals surface area contributed by atoms with Crippen molar-refractivity contribution in [1.82, 2.24) is 0 Å². The van der Waals surface area contributed by atoms with E-state index in [1.54, 1.807) is 43.0 Å². The molecule has 114 valence electrons. The largest absolute Gasteiger partial charge is 0.449 e. The summed E-state index contributed by atoms with van der Waals surface area (Å²) in [6.45, 7) is 1.55. The molecule has 1 N–H and O–H groups in total. The van der Waals surface area contributed by atoms with Crippen LogP contribution >= 0.6 is 11.8 Å². The lowest BCUT2D eigenvalue weighted by molar-refractivity contribution is -0.123. The van der Waals surface area contributed by atoms with Crippen LogP contribution in [0.15, 0.2) is 59.5 Å². The third-order valence-electron chi connectivity index (χ3n) is 3.02. The number of thioether (sulfide) groups is 1. The van der Waals surface area contributed by atoms with Crippen LogP contribution in [0.4, 0.5) is 5.69 Å². The number of ether oxygens (including phenoxy) is 1. The summed E-state index contributed by atoms with van der Waals surface area (Å²) in [7, 11) is 0. The van der Waals surface area contributed by atoms with Gasteiger partial charge < -0.3 is 10.1 Å². The molecule has 5 heteroatoms. The predicted octanol–water partition coefficient (Wildman–Crippen LogP) is 3.59. The van der Waals surface area contributed by atoms with Crippen molar-refractivity contribution < 1.29 is 14.3 Å². The summed E-state index contributed by atoms with van der Waals surface area (Å²) in [6, 6.07) is 16.1. The van der Waals surface area contributed by atoms with Crippen molar-refractivity contribution in [1.29, 1.82) is 0 Å². The summed E-state index contributed by atoms with van der Waals surface area (Å²) >= 11 is 1.59. The van der Waals surface area contributed by atoms with Crippen LogP contribution in [0, 0.1) is 0 Å². The molecular formula is C17H17NO3S. The molecule has 0 saturated heterocycles. The Labute approximate surface area is 133 Å². The minimum atomic E-state index is -0.868. The van der Waals surface area contributed by atoms with Gasteiger partial charge >= 0.3 is 5.97 Å². The molecule has 4 nitrogen and oxygen atoms in total. The first-order valence-electron chi connectivity index (χ1n) is 6.81. The second-order valence-electron chi connectivity index (χ2n) is 4.63. The molecule has 1 atom stereocenters. The fourth-order valence-corrected chi connectivity index (χ4v) is 2.18. The van der Waals surface area contributed by atoms with Gasteiger partial charge in [0.15, 0.2) is 6.10 Å². The van der Waals surface area contributed by atoms with Crippen molar-refractivity contribution in [3.63, 3.8) is 0 Å². The van der Waals surface area contributed by atoms with Crippen molar-refractivity contribution in [2.75, 3.05) is 11.6 Å². The maximum absolute atomic E-state index is 12.0. The number of carbonyl (C=O) groups is 2. The summed E-state index contributed by atoms with van der Waals surface area (Å²) in [5.41, 5.74) is 1.09. The van der Waals surface area contributed by atoms with Gasteiger partial charge in [0.1, 0.15) is 0 Å². The Hall–Kier alpha value is -2.27. The number of hydrogen-bond donors (Lipinski definition) is 1. The number of esters is 1. The van der Waals surface area contributed by atoms with E-state index in [0.29, 0.717) is 11.3 Å². The average molecular weight is 315 g/mol. The number of anilines is 1. The van der Waals surface area contributed by atoms with Gasteiger partial charge in [0, 0.05) is 10.6 Å². The molecule has 0 aliphatic carbocycles. The first-order chi connectivity index (χ1) is 10.6. The number of amides is 1. The molecule has 2 rings (SSSR count). The number of nitrogens with one attached hydrogen (secondary N) is 1. The van der Waals surface area contributed by atoms with Crippen molar-refractivity contribution in [3.8, 4) is 0 Å². The van der Waals surface area contributed by atoms with Gasteiger partial charge in [0.25, 0.3) is 5.91 Å². The SMILES string of the molecule is CSc1ccc(C(=O)O[C@@H](C)C(=O)Nc2ccccc2)cc1.